The fourth-order valence-electron chi connectivity index (χ4n) is 2.24. The highest BCUT2D eigenvalue weighted by Gasteiger charge is 2.15. The van der Waals surface area contributed by atoms with Gasteiger partial charge in [-0.1, -0.05) is 11.6 Å². The van der Waals surface area contributed by atoms with E-state index in [1.165, 1.54) is 12.3 Å². The number of carbonyl (C=O) groups is 1. The molecule has 1 heterocycles. The average Bonchev–Trinajstić information content (AvgIpc) is 2.65. The predicted molar refractivity (Wildman–Crippen MR) is 95.8 cm³/mol. The molecule has 0 aliphatic rings. The summed E-state index contributed by atoms with van der Waals surface area (Å²) >= 11 is 5.88. The lowest BCUT2D eigenvalue weighted by molar-refractivity contribution is 0.102. The highest BCUT2D eigenvalue weighted by molar-refractivity contribution is 6.30. The van der Waals surface area contributed by atoms with Crippen LogP contribution in [0.3, 0.4) is 0 Å². The summed E-state index contributed by atoms with van der Waals surface area (Å²) in [7, 11) is 0. The Bertz CT molecular complexity index is 1030. The third kappa shape index (κ3) is 4.17. The van der Waals surface area contributed by atoms with Crippen molar-refractivity contribution < 1.29 is 18.0 Å². The van der Waals surface area contributed by atoms with Gasteiger partial charge in [-0.2, -0.15) is 0 Å². The molecule has 138 valence electrons. The van der Waals surface area contributed by atoms with Crippen LogP contribution in [0.2, 0.25) is 5.02 Å². The maximum atomic E-state index is 13.7. The van der Waals surface area contributed by atoms with E-state index in [1.54, 1.807) is 25.1 Å². The minimum Gasteiger partial charge on any atom is -0.322 e. The molecule has 1 aromatic heterocycles. The van der Waals surface area contributed by atoms with E-state index < -0.39 is 23.4 Å². The van der Waals surface area contributed by atoms with Crippen molar-refractivity contribution in [3.05, 3.63) is 76.3 Å². The van der Waals surface area contributed by atoms with Gasteiger partial charge >= 0.3 is 0 Å². The lowest BCUT2D eigenvalue weighted by atomic mass is 10.2. The van der Waals surface area contributed by atoms with Gasteiger partial charge in [0.1, 0.15) is 5.69 Å². The van der Waals surface area contributed by atoms with E-state index >= 15 is 0 Å². The SMILES string of the molecule is Cc1cc(Cl)ccc1NC(=O)c1ccnc(Nc2ccc(F)c(F)c2F)n1. The molecule has 0 bridgehead atoms. The third-order valence-corrected chi connectivity index (χ3v) is 3.84. The van der Waals surface area contributed by atoms with Crippen molar-refractivity contribution in [2.24, 2.45) is 0 Å². The molecule has 0 atom stereocenters. The highest BCUT2D eigenvalue weighted by atomic mass is 35.5. The summed E-state index contributed by atoms with van der Waals surface area (Å²) in [5, 5.41) is 5.63. The van der Waals surface area contributed by atoms with Crippen molar-refractivity contribution in [2.75, 3.05) is 10.6 Å². The molecule has 0 aliphatic heterocycles. The van der Waals surface area contributed by atoms with Gasteiger partial charge < -0.3 is 10.6 Å². The number of rotatable bonds is 4. The Kier molecular flexibility index (Phi) is 5.27. The molecular weight excluding hydrogens is 381 g/mol. The van der Waals surface area contributed by atoms with Gasteiger partial charge in [0.25, 0.3) is 5.91 Å². The minimum atomic E-state index is -1.62. The first-order valence-electron chi connectivity index (χ1n) is 7.66. The Labute approximate surface area is 157 Å². The standard InChI is InChI=1S/C18H12ClF3N4O/c1-9-8-10(19)2-4-12(9)24-17(27)14-6-7-23-18(26-14)25-13-5-3-11(20)15(21)16(13)22/h2-8H,1H3,(H,24,27)(H,23,25,26). The average molecular weight is 393 g/mol. The lowest BCUT2D eigenvalue weighted by Gasteiger charge is -2.10. The molecule has 2 N–H and O–H groups in total. The minimum absolute atomic E-state index is 0.00941. The number of amides is 1. The maximum Gasteiger partial charge on any atom is 0.274 e. The first-order valence-corrected chi connectivity index (χ1v) is 8.04. The van der Waals surface area contributed by atoms with Gasteiger partial charge in [0.15, 0.2) is 17.5 Å². The summed E-state index contributed by atoms with van der Waals surface area (Å²) in [5.74, 6) is -5.03. The molecule has 27 heavy (non-hydrogen) atoms. The number of halogens is 4. The summed E-state index contributed by atoms with van der Waals surface area (Å²) in [6.07, 6.45) is 1.27. The molecule has 0 aliphatic carbocycles. The van der Waals surface area contributed by atoms with Crippen molar-refractivity contribution >= 4 is 34.8 Å². The topological polar surface area (TPSA) is 66.9 Å². The number of aromatic nitrogens is 2. The van der Waals surface area contributed by atoms with Crippen LogP contribution in [-0.2, 0) is 0 Å². The van der Waals surface area contributed by atoms with Crippen molar-refractivity contribution in [2.45, 2.75) is 6.92 Å². The summed E-state index contributed by atoms with van der Waals surface area (Å²) in [6.45, 7) is 1.78. The molecule has 0 radical (unpaired) electrons. The molecule has 5 nitrogen and oxygen atoms in total. The second-order valence-corrected chi connectivity index (χ2v) is 5.96. The molecule has 3 aromatic rings. The van der Waals surface area contributed by atoms with E-state index in [-0.39, 0.29) is 17.3 Å². The zero-order valence-electron chi connectivity index (χ0n) is 13.9. The Morgan fingerprint density at radius 3 is 2.52 bits per heavy atom. The van der Waals surface area contributed by atoms with E-state index in [2.05, 4.69) is 20.6 Å². The van der Waals surface area contributed by atoms with E-state index in [9.17, 15) is 18.0 Å². The van der Waals surface area contributed by atoms with Crippen molar-refractivity contribution in [1.82, 2.24) is 9.97 Å². The van der Waals surface area contributed by atoms with Crippen LogP contribution in [0.5, 0.6) is 0 Å². The fourth-order valence-corrected chi connectivity index (χ4v) is 2.47. The number of anilines is 3. The van der Waals surface area contributed by atoms with Crippen LogP contribution in [0.4, 0.5) is 30.5 Å². The second-order valence-electron chi connectivity index (χ2n) is 5.53. The van der Waals surface area contributed by atoms with Crippen LogP contribution < -0.4 is 10.6 Å². The van der Waals surface area contributed by atoms with Gasteiger partial charge in [-0.3, -0.25) is 4.79 Å². The second kappa shape index (κ2) is 7.63. The Balaban J connectivity index is 1.81. The Morgan fingerprint density at radius 1 is 1.04 bits per heavy atom. The predicted octanol–water partition coefficient (Wildman–Crippen LogP) is 4.85. The first kappa shape index (κ1) is 18.7. The lowest BCUT2D eigenvalue weighted by Crippen LogP contribution is -2.15. The summed E-state index contributed by atoms with van der Waals surface area (Å²) in [6, 6.07) is 8.08. The maximum absolute atomic E-state index is 13.7. The van der Waals surface area contributed by atoms with Crippen molar-refractivity contribution in [1.29, 1.82) is 0 Å². The summed E-state index contributed by atoms with van der Waals surface area (Å²) < 4.78 is 40.1. The molecule has 1 amide bonds. The molecule has 0 fully saturated rings. The molecule has 9 heteroatoms. The third-order valence-electron chi connectivity index (χ3n) is 3.61. The fraction of sp³-hybridized carbons (Fsp3) is 0.0556. The molecule has 0 saturated heterocycles. The van der Waals surface area contributed by atoms with E-state index in [0.717, 1.165) is 17.7 Å². The Hall–Kier alpha value is -3.13. The Morgan fingerprint density at radius 2 is 1.78 bits per heavy atom. The van der Waals surface area contributed by atoms with Gasteiger partial charge in [-0.05, 0) is 48.9 Å². The van der Waals surface area contributed by atoms with Crippen LogP contribution in [0.25, 0.3) is 0 Å². The monoisotopic (exact) mass is 392 g/mol. The van der Waals surface area contributed by atoms with E-state index in [1.807, 2.05) is 0 Å². The zero-order chi connectivity index (χ0) is 19.6. The van der Waals surface area contributed by atoms with Gasteiger partial charge in [0, 0.05) is 16.9 Å². The first-order chi connectivity index (χ1) is 12.8. The normalized spacial score (nSPS) is 10.6. The number of benzene rings is 2. The van der Waals surface area contributed by atoms with Crippen LogP contribution >= 0.6 is 11.6 Å². The van der Waals surface area contributed by atoms with Gasteiger partial charge in [-0.25, -0.2) is 23.1 Å². The molecule has 0 spiro atoms. The number of nitrogens with zero attached hydrogens (tertiary/aromatic N) is 2. The largest absolute Gasteiger partial charge is 0.322 e. The van der Waals surface area contributed by atoms with Gasteiger partial charge in [0.05, 0.1) is 5.69 Å². The highest BCUT2D eigenvalue weighted by Crippen LogP contribution is 2.23. The molecule has 3 rings (SSSR count). The molecule has 0 unspecified atom stereocenters. The molecule has 2 aromatic carbocycles. The summed E-state index contributed by atoms with van der Waals surface area (Å²) in [4.78, 5) is 20.2. The number of aryl methyl sites for hydroxylation is 1. The van der Waals surface area contributed by atoms with Crippen molar-refractivity contribution in [3.63, 3.8) is 0 Å². The number of hydrogen-bond acceptors (Lipinski definition) is 4. The smallest absolute Gasteiger partial charge is 0.274 e. The van der Waals surface area contributed by atoms with Crippen LogP contribution in [0, 0.1) is 24.4 Å². The zero-order valence-corrected chi connectivity index (χ0v) is 14.6. The number of carbonyl (C=O) groups excluding carboxylic acids is 1. The van der Waals surface area contributed by atoms with Crippen LogP contribution in [-0.4, -0.2) is 15.9 Å². The molecule has 0 saturated carbocycles. The molecular formula is C18H12ClF3N4O. The van der Waals surface area contributed by atoms with Gasteiger partial charge in [0.2, 0.25) is 5.95 Å². The van der Waals surface area contributed by atoms with Crippen LogP contribution in [0.1, 0.15) is 16.1 Å². The van der Waals surface area contributed by atoms with Crippen molar-refractivity contribution in [3.8, 4) is 0 Å². The summed E-state index contributed by atoms with van der Waals surface area (Å²) in [5.41, 5.74) is 0.932. The number of nitrogens with one attached hydrogen (secondary N) is 2. The van der Waals surface area contributed by atoms with Crippen LogP contribution in [0.15, 0.2) is 42.6 Å². The van der Waals surface area contributed by atoms with E-state index in [0.29, 0.717) is 10.7 Å². The van der Waals surface area contributed by atoms with E-state index in [4.69, 9.17) is 11.6 Å². The van der Waals surface area contributed by atoms with Gasteiger partial charge in [-0.15, -0.1) is 0 Å². The number of hydrogen-bond donors (Lipinski definition) is 2. The quantitative estimate of drug-likeness (QED) is 0.623.